The Balaban J connectivity index is 2.98. The highest BCUT2D eigenvalue weighted by Crippen LogP contribution is 2.00. The van der Waals surface area contributed by atoms with E-state index in [0.717, 1.165) is 0 Å². The van der Waals surface area contributed by atoms with E-state index in [0.29, 0.717) is 5.89 Å². The molecule has 1 heterocycles. The number of amides is 1. The molecule has 10 heavy (non-hydrogen) atoms. The molecule has 0 aliphatic heterocycles. The quantitative estimate of drug-likeness (QED) is 0.643. The first-order valence-electron chi connectivity index (χ1n) is 2.62. The van der Waals surface area contributed by atoms with Crippen LogP contribution in [0.5, 0.6) is 0 Å². The van der Waals surface area contributed by atoms with Gasteiger partial charge in [-0.15, -0.1) is 0 Å². The molecule has 52 valence electrons. The number of hydrogen-bond donors (Lipinski definition) is 1. The summed E-state index contributed by atoms with van der Waals surface area (Å²) in [4.78, 5) is 14.1. The van der Waals surface area contributed by atoms with E-state index < -0.39 is 5.91 Å². The van der Waals surface area contributed by atoms with Crippen molar-refractivity contribution >= 4 is 12.0 Å². The lowest BCUT2D eigenvalue weighted by Crippen LogP contribution is -2.10. The molecular formula is C6H6N2O2. The molecule has 4 nitrogen and oxygen atoms in total. The van der Waals surface area contributed by atoms with Crippen molar-refractivity contribution < 1.29 is 9.21 Å². The van der Waals surface area contributed by atoms with Gasteiger partial charge in [0.15, 0.2) is 5.69 Å². The van der Waals surface area contributed by atoms with E-state index in [4.69, 9.17) is 10.2 Å². The number of carbonyl (C=O) groups is 1. The zero-order valence-electron chi connectivity index (χ0n) is 5.20. The Morgan fingerprint density at radius 2 is 2.60 bits per heavy atom. The Kier molecular flexibility index (Phi) is 1.53. The molecular weight excluding hydrogens is 132 g/mol. The van der Waals surface area contributed by atoms with Gasteiger partial charge in [0, 0.05) is 0 Å². The summed E-state index contributed by atoms with van der Waals surface area (Å²) in [6.07, 6.45) is 2.59. The van der Waals surface area contributed by atoms with Crippen molar-refractivity contribution in [1.82, 2.24) is 4.98 Å². The summed E-state index contributed by atoms with van der Waals surface area (Å²) in [5.74, 6) is -0.300. The Hall–Kier alpha value is -1.58. The first kappa shape index (κ1) is 6.54. The average Bonchev–Trinajstić information content (AvgIpc) is 2.34. The number of carbonyl (C=O) groups excluding carboxylic acids is 1. The fourth-order valence-corrected chi connectivity index (χ4v) is 0.495. The first-order valence-corrected chi connectivity index (χ1v) is 2.62. The van der Waals surface area contributed by atoms with E-state index in [1.807, 2.05) is 0 Å². The maximum Gasteiger partial charge on any atom is 0.270 e. The summed E-state index contributed by atoms with van der Waals surface area (Å²) in [5, 5.41) is 0. The molecule has 0 saturated carbocycles. The second-order valence-corrected chi connectivity index (χ2v) is 1.64. The van der Waals surface area contributed by atoms with Crippen LogP contribution in [0, 0.1) is 0 Å². The predicted octanol–water partition coefficient (Wildman–Crippen LogP) is 0.417. The second kappa shape index (κ2) is 2.34. The lowest BCUT2D eigenvalue weighted by atomic mass is 10.5. The molecule has 0 radical (unpaired) electrons. The number of nitrogens with two attached hydrogens (primary N) is 1. The predicted molar refractivity (Wildman–Crippen MR) is 35.1 cm³/mol. The number of rotatable bonds is 2. The summed E-state index contributed by atoms with van der Waals surface area (Å²) < 4.78 is 4.75. The molecule has 0 fully saturated rings. The molecule has 0 aromatic carbocycles. The molecule has 1 rings (SSSR count). The van der Waals surface area contributed by atoms with E-state index >= 15 is 0 Å². The maximum atomic E-state index is 10.4. The Labute approximate surface area is 57.4 Å². The van der Waals surface area contributed by atoms with Gasteiger partial charge in [-0.25, -0.2) is 4.98 Å². The van der Waals surface area contributed by atoms with Crippen LogP contribution >= 0.6 is 0 Å². The van der Waals surface area contributed by atoms with Crippen LogP contribution in [-0.4, -0.2) is 10.9 Å². The van der Waals surface area contributed by atoms with Gasteiger partial charge >= 0.3 is 0 Å². The van der Waals surface area contributed by atoms with E-state index in [1.54, 1.807) is 0 Å². The van der Waals surface area contributed by atoms with Crippen molar-refractivity contribution in [2.45, 2.75) is 0 Å². The van der Waals surface area contributed by atoms with E-state index in [2.05, 4.69) is 11.6 Å². The van der Waals surface area contributed by atoms with Gasteiger partial charge in [0.2, 0.25) is 5.89 Å². The third-order valence-electron chi connectivity index (χ3n) is 0.949. The van der Waals surface area contributed by atoms with Gasteiger partial charge in [-0.2, -0.15) is 0 Å². The van der Waals surface area contributed by atoms with Gasteiger partial charge in [-0.1, -0.05) is 6.58 Å². The van der Waals surface area contributed by atoms with Gasteiger partial charge in [-0.05, 0) is 6.08 Å². The topological polar surface area (TPSA) is 69.1 Å². The molecule has 0 bridgehead atoms. The molecule has 1 aromatic rings. The summed E-state index contributed by atoms with van der Waals surface area (Å²) in [6.45, 7) is 3.40. The highest BCUT2D eigenvalue weighted by molar-refractivity contribution is 5.90. The van der Waals surface area contributed by atoms with Crippen LogP contribution in [-0.2, 0) is 0 Å². The highest BCUT2D eigenvalue weighted by atomic mass is 16.3. The molecule has 0 spiro atoms. The van der Waals surface area contributed by atoms with Gasteiger partial charge in [0.25, 0.3) is 5.91 Å². The van der Waals surface area contributed by atoms with Crippen LogP contribution < -0.4 is 5.73 Å². The second-order valence-electron chi connectivity index (χ2n) is 1.64. The minimum atomic E-state index is -0.600. The lowest BCUT2D eigenvalue weighted by molar-refractivity contribution is 0.0995. The number of aromatic nitrogens is 1. The van der Waals surface area contributed by atoms with Gasteiger partial charge in [0.1, 0.15) is 6.26 Å². The number of oxazole rings is 1. The van der Waals surface area contributed by atoms with Crippen molar-refractivity contribution in [2.24, 2.45) is 5.73 Å². The molecule has 0 saturated heterocycles. The zero-order valence-corrected chi connectivity index (χ0v) is 5.20. The Bertz CT molecular complexity index is 264. The first-order chi connectivity index (χ1) is 4.74. The molecule has 1 amide bonds. The van der Waals surface area contributed by atoms with E-state index in [1.165, 1.54) is 12.3 Å². The molecule has 2 N–H and O–H groups in total. The Morgan fingerprint density at radius 1 is 1.90 bits per heavy atom. The highest BCUT2D eigenvalue weighted by Gasteiger charge is 2.04. The summed E-state index contributed by atoms with van der Waals surface area (Å²) >= 11 is 0. The molecule has 1 aromatic heterocycles. The fraction of sp³-hybridized carbons (Fsp3) is 0. The molecule has 0 aliphatic rings. The van der Waals surface area contributed by atoms with Crippen molar-refractivity contribution in [1.29, 1.82) is 0 Å². The van der Waals surface area contributed by atoms with Gasteiger partial charge in [0.05, 0.1) is 0 Å². The van der Waals surface area contributed by atoms with Crippen LogP contribution in [0.1, 0.15) is 16.4 Å². The number of primary amides is 1. The lowest BCUT2D eigenvalue weighted by Gasteiger charge is -1.78. The zero-order chi connectivity index (χ0) is 7.56. The van der Waals surface area contributed by atoms with Crippen molar-refractivity contribution in [3.05, 3.63) is 24.4 Å². The maximum absolute atomic E-state index is 10.4. The van der Waals surface area contributed by atoms with Crippen molar-refractivity contribution in [3.8, 4) is 0 Å². The smallest absolute Gasteiger partial charge is 0.270 e. The van der Waals surface area contributed by atoms with Crippen molar-refractivity contribution in [2.75, 3.05) is 0 Å². The minimum Gasteiger partial charge on any atom is -0.444 e. The van der Waals surface area contributed by atoms with Crippen LogP contribution in [0.4, 0.5) is 0 Å². The molecule has 0 aliphatic carbocycles. The molecule has 0 unspecified atom stereocenters. The summed E-state index contributed by atoms with van der Waals surface area (Å²) in [7, 11) is 0. The van der Waals surface area contributed by atoms with Crippen LogP contribution in [0.2, 0.25) is 0 Å². The molecule has 0 atom stereocenters. The normalized spacial score (nSPS) is 9.20. The van der Waals surface area contributed by atoms with Crippen molar-refractivity contribution in [3.63, 3.8) is 0 Å². The monoisotopic (exact) mass is 138 g/mol. The summed E-state index contributed by atoms with van der Waals surface area (Å²) in [5.41, 5.74) is 5.01. The largest absolute Gasteiger partial charge is 0.444 e. The summed E-state index contributed by atoms with van der Waals surface area (Å²) in [6, 6.07) is 0. The Morgan fingerprint density at radius 3 is 2.90 bits per heavy atom. The third-order valence-corrected chi connectivity index (χ3v) is 0.949. The number of nitrogens with zero attached hydrogens (tertiary/aromatic N) is 1. The standard InChI is InChI=1S/C6H6N2O2/c1-2-5-8-4(3-10-5)6(7)9/h2-3H,1H2,(H2,7,9). The molecule has 4 heteroatoms. The van der Waals surface area contributed by atoms with Crippen LogP contribution in [0.3, 0.4) is 0 Å². The van der Waals surface area contributed by atoms with E-state index in [9.17, 15) is 4.79 Å². The van der Waals surface area contributed by atoms with Crippen LogP contribution in [0.25, 0.3) is 6.08 Å². The number of hydrogen-bond acceptors (Lipinski definition) is 3. The SMILES string of the molecule is C=Cc1nc(C(N)=O)co1. The van der Waals surface area contributed by atoms with E-state index in [-0.39, 0.29) is 5.69 Å². The van der Waals surface area contributed by atoms with Crippen LogP contribution in [0.15, 0.2) is 17.3 Å². The minimum absolute atomic E-state index is 0.120. The van der Waals surface area contributed by atoms with Gasteiger partial charge < -0.3 is 10.2 Å². The van der Waals surface area contributed by atoms with Gasteiger partial charge in [-0.3, -0.25) is 4.79 Å². The third kappa shape index (κ3) is 1.05. The fourth-order valence-electron chi connectivity index (χ4n) is 0.495. The average molecular weight is 138 g/mol.